The van der Waals surface area contributed by atoms with Crippen molar-refractivity contribution in [1.29, 1.82) is 0 Å². The van der Waals surface area contributed by atoms with Gasteiger partial charge in [-0.15, -0.1) is 0 Å². The number of hydrogen-bond donors (Lipinski definition) is 1. The molecule has 0 saturated carbocycles. The molecule has 2 nitrogen and oxygen atoms in total. The summed E-state index contributed by atoms with van der Waals surface area (Å²) in [5.74, 6) is -0.682. The molecule has 0 aliphatic heterocycles. The molecule has 0 saturated heterocycles. The molecule has 0 radical (unpaired) electrons. The van der Waals surface area contributed by atoms with Crippen LogP contribution in [0.5, 0.6) is 0 Å². The van der Waals surface area contributed by atoms with Gasteiger partial charge in [-0.2, -0.15) is 0 Å². The number of unbranched alkanes of at least 4 members (excludes halogenated alkanes) is 2. The van der Waals surface area contributed by atoms with Crippen molar-refractivity contribution in [3.05, 3.63) is 36.4 Å². The summed E-state index contributed by atoms with van der Waals surface area (Å²) in [6.45, 7) is 2.06. The Hall–Kier alpha value is -1.31. The zero-order valence-electron chi connectivity index (χ0n) is 8.65. The van der Waals surface area contributed by atoms with Gasteiger partial charge in [0.25, 0.3) is 0 Å². The molecule has 0 aliphatic rings. The number of hydrogen-bond acceptors (Lipinski definition) is 1. The van der Waals surface area contributed by atoms with Crippen LogP contribution in [0.15, 0.2) is 36.4 Å². The molecule has 1 aromatic rings. The number of carboxylic acid groups (broad SMARTS) is 1. The van der Waals surface area contributed by atoms with Gasteiger partial charge >= 0.3 is 5.97 Å². The van der Waals surface area contributed by atoms with Crippen LogP contribution in [-0.4, -0.2) is 11.1 Å². The molecule has 0 unspecified atom stereocenters. The van der Waals surface area contributed by atoms with E-state index in [-0.39, 0.29) is 0 Å². The van der Waals surface area contributed by atoms with Crippen LogP contribution in [0.2, 0.25) is 0 Å². The lowest BCUT2D eigenvalue weighted by atomic mass is 10.2. The van der Waals surface area contributed by atoms with Gasteiger partial charge in [-0.05, 0) is 6.42 Å². The fourth-order valence-corrected chi connectivity index (χ4v) is 0.911. The van der Waals surface area contributed by atoms with E-state index in [0.717, 1.165) is 19.3 Å². The second-order valence-electron chi connectivity index (χ2n) is 3.01. The predicted molar refractivity (Wildman–Crippen MR) is 58.2 cm³/mol. The van der Waals surface area contributed by atoms with Crippen LogP contribution in [0, 0.1) is 0 Å². The lowest BCUT2D eigenvalue weighted by Crippen LogP contribution is -1.92. The van der Waals surface area contributed by atoms with Gasteiger partial charge in [-0.3, -0.25) is 4.79 Å². The largest absolute Gasteiger partial charge is 0.481 e. The van der Waals surface area contributed by atoms with Gasteiger partial charge in [0, 0.05) is 6.42 Å². The minimum atomic E-state index is -0.682. The van der Waals surface area contributed by atoms with Crippen molar-refractivity contribution in [2.45, 2.75) is 32.6 Å². The van der Waals surface area contributed by atoms with E-state index in [1.54, 1.807) is 0 Å². The third-order valence-corrected chi connectivity index (χ3v) is 1.66. The monoisotopic (exact) mass is 194 g/mol. The van der Waals surface area contributed by atoms with Crippen LogP contribution in [0.1, 0.15) is 32.6 Å². The molecule has 0 atom stereocenters. The number of carboxylic acids is 1. The standard InChI is InChI=1S/C6H12O2.C6H6/c1-2-3-4-5-6(7)8;1-2-4-6-5-3-1/h2-5H2,1H3,(H,7,8);1-6H. The zero-order valence-corrected chi connectivity index (χ0v) is 8.65. The molecule has 1 rings (SSSR count). The van der Waals surface area contributed by atoms with E-state index in [1.165, 1.54) is 0 Å². The molecule has 1 aromatic carbocycles. The van der Waals surface area contributed by atoms with Crippen LogP contribution >= 0.6 is 0 Å². The molecule has 0 fully saturated rings. The first-order valence-corrected chi connectivity index (χ1v) is 4.99. The van der Waals surface area contributed by atoms with Gasteiger partial charge in [0.2, 0.25) is 0 Å². The molecule has 0 amide bonds. The maximum Gasteiger partial charge on any atom is 0.303 e. The van der Waals surface area contributed by atoms with Crippen LogP contribution in [0.3, 0.4) is 0 Å². The van der Waals surface area contributed by atoms with E-state index in [4.69, 9.17) is 5.11 Å². The second-order valence-corrected chi connectivity index (χ2v) is 3.01. The van der Waals surface area contributed by atoms with Crippen LogP contribution < -0.4 is 0 Å². The van der Waals surface area contributed by atoms with Gasteiger partial charge in [-0.25, -0.2) is 0 Å². The molecule has 0 heterocycles. The maximum atomic E-state index is 9.87. The van der Waals surface area contributed by atoms with Gasteiger partial charge in [0.15, 0.2) is 0 Å². The SMILES string of the molecule is CCCCCC(=O)O.c1ccccc1. The summed E-state index contributed by atoms with van der Waals surface area (Å²) in [6, 6.07) is 12.0. The maximum absolute atomic E-state index is 9.87. The summed E-state index contributed by atoms with van der Waals surface area (Å²) in [5.41, 5.74) is 0. The van der Waals surface area contributed by atoms with Gasteiger partial charge in [0.05, 0.1) is 0 Å². The van der Waals surface area contributed by atoms with Crippen molar-refractivity contribution >= 4 is 5.97 Å². The van der Waals surface area contributed by atoms with E-state index in [2.05, 4.69) is 6.92 Å². The molecular weight excluding hydrogens is 176 g/mol. The third kappa shape index (κ3) is 10.7. The number of carbonyl (C=O) groups is 1. The lowest BCUT2D eigenvalue weighted by Gasteiger charge is -1.89. The molecular formula is C12H18O2. The quantitative estimate of drug-likeness (QED) is 0.746. The Balaban J connectivity index is 0.000000249. The third-order valence-electron chi connectivity index (χ3n) is 1.66. The highest BCUT2D eigenvalue weighted by molar-refractivity contribution is 5.66. The highest BCUT2D eigenvalue weighted by atomic mass is 16.4. The molecule has 78 valence electrons. The minimum absolute atomic E-state index is 0.327. The van der Waals surface area contributed by atoms with Crippen molar-refractivity contribution in [3.8, 4) is 0 Å². The van der Waals surface area contributed by atoms with Crippen LogP contribution in [-0.2, 0) is 4.79 Å². The smallest absolute Gasteiger partial charge is 0.303 e. The normalized spacial score (nSPS) is 8.64. The van der Waals surface area contributed by atoms with Crippen molar-refractivity contribution in [2.24, 2.45) is 0 Å². The first-order chi connectivity index (χ1) is 6.77. The molecule has 0 aromatic heterocycles. The molecule has 14 heavy (non-hydrogen) atoms. The van der Waals surface area contributed by atoms with Gasteiger partial charge < -0.3 is 5.11 Å². The summed E-state index contributed by atoms with van der Waals surface area (Å²) < 4.78 is 0. The Kier molecular flexibility index (Phi) is 8.86. The molecule has 0 aliphatic carbocycles. The van der Waals surface area contributed by atoms with E-state index in [9.17, 15) is 4.79 Å². The van der Waals surface area contributed by atoms with Crippen molar-refractivity contribution in [2.75, 3.05) is 0 Å². The summed E-state index contributed by atoms with van der Waals surface area (Å²) in [5, 5.41) is 8.14. The Morgan fingerprint density at radius 1 is 1.00 bits per heavy atom. The Bertz CT molecular complexity index is 192. The Morgan fingerprint density at radius 3 is 1.71 bits per heavy atom. The molecule has 2 heteroatoms. The number of benzene rings is 1. The van der Waals surface area contributed by atoms with E-state index in [0.29, 0.717) is 6.42 Å². The lowest BCUT2D eigenvalue weighted by molar-refractivity contribution is -0.137. The zero-order chi connectivity index (χ0) is 10.6. The fourth-order valence-electron chi connectivity index (χ4n) is 0.911. The minimum Gasteiger partial charge on any atom is -0.481 e. The summed E-state index contributed by atoms with van der Waals surface area (Å²) in [7, 11) is 0. The molecule has 1 N–H and O–H groups in total. The molecule has 0 bridgehead atoms. The van der Waals surface area contributed by atoms with E-state index in [1.807, 2.05) is 36.4 Å². The molecule has 0 spiro atoms. The van der Waals surface area contributed by atoms with Crippen molar-refractivity contribution in [1.82, 2.24) is 0 Å². The second kappa shape index (κ2) is 9.78. The van der Waals surface area contributed by atoms with Crippen molar-refractivity contribution in [3.63, 3.8) is 0 Å². The fraction of sp³-hybridized carbons (Fsp3) is 0.417. The average molecular weight is 194 g/mol. The predicted octanol–water partition coefficient (Wildman–Crippen LogP) is 3.34. The van der Waals surface area contributed by atoms with Crippen LogP contribution in [0.25, 0.3) is 0 Å². The van der Waals surface area contributed by atoms with Crippen LogP contribution in [0.4, 0.5) is 0 Å². The summed E-state index contributed by atoms with van der Waals surface area (Å²) in [6.07, 6.45) is 3.28. The first-order valence-electron chi connectivity index (χ1n) is 4.99. The van der Waals surface area contributed by atoms with Gasteiger partial charge in [0.1, 0.15) is 0 Å². The number of aliphatic carboxylic acids is 1. The Morgan fingerprint density at radius 2 is 1.43 bits per heavy atom. The van der Waals surface area contributed by atoms with Gasteiger partial charge in [-0.1, -0.05) is 56.2 Å². The number of rotatable bonds is 4. The summed E-state index contributed by atoms with van der Waals surface area (Å²) >= 11 is 0. The Labute approximate surface area is 85.6 Å². The average Bonchev–Trinajstić information content (AvgIpc) is 2.21. The first kappa shape index (κ1) is 12.7. The van der Waals surface area contributed by atoms with E-state index >= 15 is 0 Å². The topological polar surface area (TPSA) is 37.3 Å². The van der Waals surface area contributed by atoms with Crippen molar-refractivity contribution < 1.29 is 9.90 Å². The summed E-state index contributed by atoms with van der Waals surface area (Å²) in [4.78, 5) is 9.87. The highest BCUT2D eigenvalue weighted by Gasteiger charge is 1.92. The van der Waals surface area contributed by atoms with E-state index < -0.39 is 5.97 Å². The highest BCUT2D eigenvalue weighted by Crippen LogP contribution is 1.97.